The summed E-state index contributed by atoms with van der Waals surface area (Å²) in [5.41, 5.74) is 6.01. The van der Waals surface area contributed by atoms with Gasteiger partial charge in [-0.05, 0) is 26.8 Å². The number of benzene rings is 1. The van der Waals surface area contributed by atoms with E-state index in [9.17, 15) is 8.78 Å². The maximum atomic E-state index is 13.4. The predicted octanol–water partition coefficient (Wildman–Crippen LogP) is 3.40. The van der Waals surface area contributed by atoms with Crippen LogP contribution in [0, 0.1) is 28.9 Å². The van der Waals surface area contributed by atoms with Crippen molar-refractivity contribution in [2.45, 2.75) is 33.2 Å². The second-order valence-electron chi connectivity index (χ2n) is 5.03. The van der Waals surface area contributed by atoms with Gasteiger partial charge in [-0.15, -0.1) is 5.92 Å². The van der Waals surface area contributed by atoms with Gasteiger partial charge in [-0.3, -0.25) is 0 Å². The van der Waals surface area contributed by atoms with Gasteiger partial charge in [-0.25, -0.2) is 8.78 Å². The molecule has 17 heavy (non-hydrogen) atoms. The molecule has 0 aromatic heterocycles. The van der Waals surface area contributed by atoms with E-state index < -0.39 is 17.7 Å². The third-order valence-electron chi connectivity index (χ3n) is 2.15. The zero-order chi connectivity index (χ0) is 13.1. The molecule has 1 atom stereocenters. The van der Waals surface area contributed by atoms with E-state index in [1.807, 2.05) is 20.8 Å². The molecule has 3 heteroatoms. The van der Waals surface area contributed by atoms with Gasteiger partial charge in [0.2, 0.25) is 0 Å². The van der Waals surface area contributed by atoms with Crippen molar-refractivity contribution in [2.75, 3.05) is 0 Å². The average Bonchev–Trinajstić information content (AvgIpc) is 2.15. The van der Waals surface area contributed by atoms with Crippen molar-refractivity contribution in [1.82, 2.24) is 0 Å². The molecule has 0 spiro atoms. The Morgan fingerprint density at radius 2 is 1.94 bits per heavy atom. The van der Waals surface area contributed by atoms with Crippen LogP contribution in [-0.2, 0) is 0 Å². The Hall–Kier alpha value is -1.40. The van der Waals surface area contributed by atoms with E-state index in [-0.39, 0.29) is 5.41 Å². The molecule has 1 aromatic carbocycles. The molecule has 0 amide bonds. The van der Waals surface area contributed by atoms with E-state index in [1.54, 1.807) is 0 Å². The summed E-state index contributed by atoms with van der Waals surface area (Å²) in [6.07, 6.45) is 0.361. The van der Waals surface area contributed by atoms with Crippen molar-refractivity contribution in [2.24, 2.45) is 11.1 Å². The zero-order valence-corrected chi connectivity index (χ0v) is 10.3. The Morgan fingerprint density at radius 1 is 1.29 bits per heavy atom. The highest BCUT2D eigenvalue weighted by molar-refractivity contribution is 5.23. The fraction of sp³-hybridized carbons (Fsp3) is 0.429. The molecule has 2 N–H and O–H groups in total. The number of halogens is 2. The minimum atomic E-state index is -0.616. The summed E-state index contributed by atoms with van der Waals surface area (Å²) >= 11 is 0. The summed E-state index contributed by atoms with van der Waals surface area (Å²) in [5.74, 6) is 4.74. The largest absolute Gasteiger partial charge is 0.323 e. The van der Waals surface area contributed by atoms with Crippen molar-refractivity contribution in [3.05, 3.63) is 35.4 Å². The second kappa shape index (κ2) is 5.29. The Labute approximate surface area is 101 Å². The van der Waals surface area contributed by atoms with Gasteiger partial charge in [-0.1, -0.05) is 12.0 Å². The summed E-state index contributed by atoms with van der Waals surface area (Å²) in [4.78, 5) is 0. The minimum absolute atomic E-state index is 0.0962. The van der Waals surface area contributed by atoms with Crippen LogP contribution >= 0.6 is 0 Å². The van der Waals surface area contributed by atoms with Crippen LogP contribution in [0.1, 0.15) is 38.8 Å². The number of hydrogen-bond acceptors (Lipinski definition) is 1. The highest BCUT2D eigenvalue weighted by Gasteiger charge is 2.11. The molecule has 0 heterocycles. The third kappa shape index (κ3) is 4.54. The van der Waals surface area contributed by atoms with E-state index in [0.29, 0.717) is 12.0 Å². The molecule has 0 fully saturated rings. The van der Waals surface area contributed by atoms with Crippen LogP contribution in [0.3, 0.4) is 0 Å². The molecule has 0 saturated carbocycles. The van der Waals surface area contributed by atoms with Gasteiger partial charge in [0.05, 0.1) is 0 Å². The molecule has 0 bridgehead atoms. The van der Waals surface area contributed by atoms with Crippen molar-refractivity contribution >= 4 is 0 Å². The molecule has 0 radical (unpaired) electrons. The van der Waals surface area contributed by atoms with Crippen LogP contribution in [0.5, 0.6) is 0 Å². The minimum Gasteiger partial charge on any atom is -0.323 e. The summed E-state index contributed by atoms with van der Waals surface area (Å²) in [7, 11) is 0. The van der Waals surface area contributed by atoms with Crippen molar-refractivity contribution in [3.63, 3.8) is 0 Å². The predicted molar refractivity (Wildman–Crippen MR) is 65.1 cm³/mol. The first-order chi connectivity index (χ1) is 7.79. The van der Waals surface area contributed by atoms with Gasteiger partial charge in [0.15, 0.2) is 0 Å². The standard InChI is InChI=1S/C14H17F2N/c1-14(2,3)8-4-5-13(17)11-7-6-10(15)9-12(11)16/h6-7,9,13H,5,17H2,1-3H3. The zero-order valence-electron chi connectivity index (χ0n) is 10.3. The van der Waals surface area contributed by atoms with Crippen LogP contribution in [0.25, 0.3) is 0 Å². The quantitative estimate of drug-likeness (QED) is 0.784. The van der Waals surface area contributed by atoms with Gasteiger partial charge < -0.3 is 5.73 Å². The SMILES string of the molecule is CC(C)(C)C#CCC(N)c1ccc(F)cc1F. The van der Waals surface area contributed by atoms with Gasteiger partial charge in [0, 0.05) is 29.5 Å². The van der Waals surface area contributed by atoms with Crippen molar-refractivity contribution in [1.29, 1.82) is 0 Å². The van der Waals surface area contributed by atoms with Gasteiger partial charge in [-0.2, -0.15) is 0 Å². The van der Waals surface area contributed by atoms with E-state index in [4.69, 9.17) is 5.73 Å². The number of hydrogen-bond donors (Lipinski definition) is 1. The molecular formula is C14H17F2N. The number of nitrogens with two attached hydrogens (primary N) is 1. The van der Waals surface area contributed by atoms with Gasteiger partial charge in [0.25, 0.3) is 0 Å². The van der Waals surface area contributed by atoms with Crippen LogP contribution in [-0.4, -0.2) is 0 Å². The smallest absolute Gasteiger partial charge is 0.130 e. The number of rotatable bonds is 2. The lowest BCUT2D eigenvalue weighted by molar-refractivity contribution is 0.555. The Morgan fingerprint density at radius 3 is 2.47 bits per heavy atom. The summed E-state index contributed by atoms with van der Waals surface area (Å²) in [6.45, 7) is 5.97. The summed E-state index contributed by atoms with van der Waals surface area (Å²) in [5, 5.41) is 0. The van der Waals surface area contributed by atoms with Gasteiger partial charge in [0.1, 0.15) is 11.6 Å². The molecule has 1 nitrogen and oxygen atoms in total. The second-order valence-corrected chi connectivity index (χ2v) is 5.03. The van der Waals surface area contributed by atoms with Crippen LogP contribution in [0.15, 0.2) is 18.2 Å². The highest BCUT2D eigenvalue weighted by Crippen LogP contribution is 2.19. The molecule has 0 aliphatic carbocycles. The fourth-order valence-corrected chi connectivity index (χ4v) is 1.34. The first kappa shape index (κ1) is 13.7. The average molecular weight is 237 g/mol. The lowest BCUT2D eigenvalue weighted by Crippen LogP contribution is -2.12. The van der Waals surface area contributed by atoms with Crippen LogP contribution < -0.4 is 5.73 Å². The van der Waals surface area contributed by atoms with E-state index in [1.165, 1.54) is 12.1 Å². The molecule has 0 aliphatic heterocycles. The topological polar surface area (TPSA) is 26.0 Å². The summed E-state index contributed by atoms with van der Waals surface area (Å²) in [6, 6.07) is 2.89. The normalized spacial score (nSPS) is 12.8. The Bertz CT molecular complexity index is 450. The first-order valence-electron chi connectivity index (χ1n) is 5.50. The molecule has 1 unspecified atom stereocenters. The van der Waals surface area contributed by atoms with Crippen molar-refractivity contribution < 1.29 is 8.78 Å². The van der Waals surface area contributed by atoms with E-state index >= 15 is 0 Å². The maximum absolute atomic E-state index is 13.4. The highest BCUT2D eigenvalue weighted by atomic mass is 19.1. The lowest BCUT2D eigenvalue weighted by atomic mass is 9.97. The van der Waals surface area contributed by atoms with Crippen LogP contribution in [0.2, 0.25) is 0 Å². The van der Waals surface area contributed by atoms with E-state index in [2.05, 4.69) is 11.8 Å². The first-order valence-corrected chi connectivity index (χ1v) is 5.50. The molecular weight excluding hydrogens is 220 g/mol. The molecule has 0 saturated heterocycles. The summed E-state index contributed by atoms with van der Waals surface area (Å²) < 4.78 is 26.1. The Balaban J connectivity index is 2.76. The molecule has 1 aromatic rings. The molecule has 92 valence electrons. The lowest BCUT2D eigenvalue weighted by Gasteiger charge is -2.11. The third-order valence-corrected chi connectivity index (χ3v) is 2.15. The van der Waals surface area contributed by atoms with Crippen LogP contribution in [0.4, 0.5) is 8.78 Å². The Kier molecular flexibility index (Phi) is 4.25. The fourth-order valence-electron chi connectivity index (χ4n) is 1.34. The van der Waals surface area contributed by atoms with E-state index in [0.717, 1.165) is 6.07 Å². The van der Waals surface area contributed by atoms with Gasteiger partial charge >= 0.3 is 0 Å². The molecule has 0 aliphatic rings. The maximum Gasteiger partial charge on any atom is 0.130 e. The van der Waals surface area contributed by atoms with Crippen molar-refractivity contribution in [3.8, 4) is 11.8 Å². The molecule has 1 rings (SSSR count). The monoisotopic (exact) mass is 237 g/mol.